The summed E-state index contributed by atoms with van der Waals surface area (Å²) in [5.41, 5.74) is 5.46. The van der Waals surface area contributed by atoms with Crippen LogP contribution in [0.1, 0.15) is 26.2 Å². The van der Waals surface area contributed by atoms with Crippen molar-refractivity contribution in [2.24, 2.45) is 5.73 Å². The molecule has 3 N–H and O–H groups in total. The molecule has 1 heterocycles. The standard InChI is InChI=1S/C10H21N3O/c1-9(14)12-10-3-7-13(8-4-10)6-2-5-11/h10H,2-8,11H2,1H3,(H,12,14). The molecule has 0 saturated carbocycles. The van der Waals surface area contributed by atoms with Crippen LogP contribution in [0.5, 0.6) is 0 Å². The molecule has 1 fully saturated rings. The molecular weight excluding hydrogens is 178 g/mol. The quantitative estimate of drug-likeness (QED) is 0.666. The zero-order valence-electron chi connectivity index (χ0n) is 8.96. The molecule has 0 unspecified atom stereocenters. The third kappa shape index (κ3) is 4.07. The van der Waals surface area contributed by atoms with Crippen molar-refractivity contribution >= 4 is 5.91 Å². The predicted octanol–water partition coefficient (Wildman–Crippen LogP) is -0.0643. The minimum atomic E-state index is 0.0883. The maximum Gasteiger partial charge on any atom is 0.217 e. The van der Waals surface area contributed by atoms with Crippen molar-refractivity contribution < 1.29 is 4.79 Å². The van der Waals surface area contributed by atoms with E-state index in [1.807, 2.05) is 0 Å². The summed E-state index contributed by atoms with van der Waals surface area (Å²) in [6.45, 7) is 5.63. The molecule has 1 amide bonds. The molecule has 4 nitrogen and oxygen atoms in total. The van der Waals surface area contributed by atoms with Gasteiger partial charge in [-0.1, -0.05) is 0 Å². The van der Waals surface area contributed by atoms with Crippen molar-refractivity contribution in [3.63, 3.8) is 0 Å². The van der Waals surface area contributed by atoms with Gasteiger partial charge in [-0.05, 0) is 32.4 Å². The Morgan fingerprint density at radius 3 is 2.64 bits per heavy atom. The lowest BCUT2D eigenvalue weighted by Gasteiger charge is -2.31. The van der Waals surface area contributed by atoms with Gasteiger partial charge in [-0.15, -0.1) is 0 Å². The summed E-state index contributed by atoms with van der Waals surface area (Å²) in [4.78, 5) is 13.2. The van der Waals surface area contributed by atoms with Crippen molar-refractivity contribution in [1.82, 2.24) is 10.2 Å². The molecule has 0 spiro atoms. The average molecular weight is 199 g/mol. The molecule has 0 bridgehead atoms. The Balaban J connectivity index is 2.14. The minimum Gasteiger partial charge on any atom is -0.354 e. The number of amides is 1. The fourth-order valence-electron chi connectivity index (χ4n) is 1.90. The second-order valence-electron chi connectivity index (χ2n) is 3.96. The van der Waals surface area contributed by atoms with Crippen LogP contribution in [-0.2, 0) is 4.79 Å². The molecule has 1 aliphatic heterocycles. The fraction of sp³-hybridized carbons (Fsp3) is 0.900. The Kier molecular flexibility index (Phi) is 4.90. The molecule has 0 atom stereocenters. The Morgan fingerprint density at radius 2 is 2.14 bits per heavy atom. The summed E-state index contributed by atoms with van der Waals surface area (Å²) in [7, 11) is 0. The summed E-state index contributed by atoms with van der Waals surface area (Å²) in [5, 5.41) is 2.97. The molecule has 14 heavy (non-hydrogen) atoms. The van der Waals surface area contributed by atoms with Gasteiger partial charge in [-0.3, -0.25) is 4.79 Å². The van der Waals surface area contributed by atoms with Crippen molar-refractivity contribution in [2.75, 3.05) is 26.2 Å². The lowest BCUT2D eigenvalue weighted by atomic mass is 10.0. The zero-order valence-corrected chi connectivity index (χ0v) is 8.96. The highest BCUT2D eigenvalue weighted by atomic mass is 16.1. The molecule has 1 rings (SSSR count). The molecule has 0 radical (unpaired) electrons. The smallest absolute Gasteiger partial charge is 0.217 e. The number of nitrogens with one attached hydrogen (secondary N) is 1. The van der Waals surface area contributed by atoms with E-state index in [1.165, 1.54) is 0 Å². The molecule has 0 aromatic rings. The summed E-state index contributed by atoms with van der Waals surface area (Å²) < 4.78 is 0. The van der Waals surface area contributed by atoms with Crippen LogP contribution in [0.25, 0.3) is 0 Å². The number of nitrogens with zero attached hydrogens (tertiary/aromatic N) is 1. The molecule has 4 heteroatoms. The molecule has 82 valence electrons. The normalized spacial score (nSPS) is 19.6. The number of carbonyl (C=O) groups excluding carboxylic acids is 1. The molecular formula is C10H21N3O. The van der Waals surface area contributed by atoms with Gasteiger partial charge < -0.3 is 16.0 Å². The second-order valence-corrected chi connectivity index (χ2v) is 3.96. The number of hydrogen-bond donors (Lipinski definition) is 2. The first-order valence-corrected chi connectivity index (χ1v) is 5.42. The summed E-state index contributed by atoms with van der Waals surface area (Å²) in [6, 6.07) is 0.390. The summed E-state index contributed by atoms with van der Waals surface area (Å²) >= 11 is 0. The van der Waals surface area contributed by atoms with E-state index in [1.54, 1.807) is 6.92 Å². The molecule has 1 saturated heterocycles. The summed E-state index contributed by atoms with van der Waals surface area (Å²) in [6.07, 6.45) is 3.22. The van der Waals surface area contributed by atoms with Crippen LogP contribution in [0, 0.1) is 0 Å². The number of carbonyl (C=O) groups is 1. The maximum absolute atomic E-state index is 10.8. The van der Waals surface area contributed by atoms with Gasteiger partial charge in [0.1, 0.15) is 0 Å². The van der Waals surface area contributed by atoms with Crippen molar-refractivity contribution in [3.05, 3.63) is 0 Å². The van der Waals surface area contributed by atoms with E-state index in [4.69, 9.17) is 5.73 Å². The fourth-order valence-corrected chi connectivity index (χ4v) is 1.90. The highest BCUT2D eigenvalue weighted by Crippen LogP contribution is 2.10. The van der Waals surface area contributed by atoms with Crippen LogP contribution in [-0.4, -0.2) is 43.0 Å². The van der Waals surface area contributed by atoms with Gasteiger partial charge in [0.2, 0.25) is 5.91 Å². The maximum atomic E-state index is 10.8. The Morgan fingerprint density at radius 1 is 1.50 bits per heavy atom. The number of rotatable bonds is 4. The van der Waals surface area contributed by atoms with Crippen LogP contribution in [0.15, 0.2) is 0 Å². The van der Waals surface area contributed by atoms with E-state index >= 15 is 0 Å². The first-order valence-electron chi connectivity index (χ1n) is 5.42. The van der Waals surface area contributed by atoms with Crippen molar-refractivity contribution in [2.45, 2.75) is 32.2 Å². The highest BCUT2D eigenvalue weighted by molar-refractivity contribution is 5.73. The second kappa shape index (κ2) is 5.98. The van der Waals surface area contributed by atoms with E-state index in [-0.39, 0.29) is 5.91 Å². The van der Waals surface area contributed by atoms with Gasteiger partial charge in [-0.25, -0.2) is 0 Å². The van der Waals surface area contributed by atoms with Crippen molar-refractivity contribution in [3.8, 4) is 0 Å². The van der Waals surface area contributed by atoms with Gasteiger partial charge >= 0.3 is 0 Å². The van der Waals surface area contributed by atoms with Gasteiger partial charge in [0, 0.05) is 26.1 Å². The number of nitrogens with two attached hydrogens (primary N) is 1. The van der Waals surface area contributed by atoms with E-state index < -0.39 is 0 Å². The molecule has 0 aromatic carbocycles. The Hall–Kier alpha value is -0.610. The van der Waals surface area contributed by atoms with Gasteiger partial charge in [0.15, 0.2) is 0 Å². The first kappa shape index (κ1) is 11.5. The lowest BCUT2D eigenvalue weighted by molar-refractivity contribution is -0.119. The summed E-state index contributed by atoms with van der Waals surface area (Å²) in [5.74, 6) is 0.0883. The first-order chi connectivity index (χ1) is 6.72. The number of hydrogen-bond acceptors (Lipinski definition) is 3. The number of likely N-dealkylation sites (tertiary alicyclic amines) is 1. The topological polar surface area (TPSA) is 58.4 Å². The number of piperidine rings is 1. The predicted molar refractivity (Wildman–Crippen MR) is 57.0 cm³/mol. The minimum absolute atomic E-state index is 0.0883. The van der Waals surface area contributed by atoms with Crippen LogP contribution in [0.2, 0.25) is 0 Å². The largest absolute Gasteiger partial charge is 0.354 e. The lowest BCUT2D eigenvalue weighted by Crippen LogP contribution is -2.44. The van der Waals surface area contributed by atoms with E-state index in [9.17, 15) is 4.79 Å². The van der Waals surface area contributed by atoms with Crippen LogP contribution in [0.4, 0.5) is 0 Å². The van der Waals surface area contributed by atoms with Crippen LogP contribution < -0.4 is 11.1 Å². The monoisotopic (exact) mass is 199 g/mol. The third-order valence-electron chi connectivity index (χ3n) is 2.67. The van der Waals surface area contributed by atoms with E-state index in [2.05, 4.69) is 10.2 Å². The zero-order chi connectivity index (χ0) is 10.4. The Labute approximate surface area is 85.8 Å². The SMILES string of the molecule is CC(=O)NC1CCN(CCCN)CC1. The highest BCUT2D eigenvalue weighted by Gasteiger charge is 2.18. The van der Waals surface area contributed by atoms with Crippen LogP contribution in [0.3, 0.4) is 0 Å². The van der Waals surface area contributed by atoms with Gasteiger partial charge in [0.05, 0.1) is 0 Å². The average Bonchev–Trinajstić information content (AvgIpc) is 2.16. The Bertz CT molecular complexity index is 176. The van der Waals surface area contributed by atoms with E-state index in [0.717, 1.165) is 45.4 Å². The van der Waals surface area contributed by atoms with Gasteiger partial charge in [-0.2, -0.15) is 0 Å². The molecule has 0 aliphatic carbocycles. The molecule has 0 aromatic heterocycles. The van der Waals surface area contributed by atoms with Crippen molar-refractivity contribution in [1.29, 1.82) is 0 Å². The third-order valence-corrected chi connectivity index (χ3v) is 2.67. The van der Waals surface area contributed by atoms with Gasteiger partial charge in [0.25, 0.3) is 0 Å². The molecule has 1 aliphatic rings. The van der Waals surface area contributed by atoms with E-state index in [0.29, 0.717) is 6.04 Å². The van der Waals surface area contributed by atoms with Crippen LogP contribution >= 0.6 is 0 Å².